The first-order chi connectivity index (χ1) is 17.6. The summed E-state index contributed by atoms with van der Waals surface area (Å²) in [5.74, 6) is -6.12. The molecule has 2 heterocycles. The van der Waals surface area contributed by atoms with Crippen LogP contribution in [0.3, 0.4) is 0 Å². The molecule has 6 nitrogen and oxygen atoms in total. The number of rotatable bonds is 2. The molecular weight excluding hydrogens is 555 g/mol. The molecule has 0 radical (unpaired) electrons. The second kappa shape index (κ2) is 7.93. The quantitative estimate of drug-likeness (QED) is 0.314. The van der Waals surface area contributed by atoms with Crippen LogP contribution in [0.1, 0.15) is 37.9 Å². The SMILES string of the molecule is O=C1C2C(c3ccc(Br)cc3)OC3(C(=O)c4ccccc4C3=O)C2C(=O)N1c1cccc(C(F)(F)F)c1. The van der Waals surface area contributed by atoms with E-state index < -0.39 is 58.7 Å². The Bertz CT molecular complexity index is 1480. The fraction of sp³-hybridized carbons (Fsp3) is 0.185. The zero-order valence-electron chi connectivity index (χ0n) is 18.7. The van der Waals surface area contributed by atoms with Crippen LogP contribution in [0.25, 0.3) is 0 Å². The van der Waals surface area contributed by atoms with Crippen molar-refractivity contribution in [2.24, 2.45) is 11.8 Å². The second-order valence-corrected chi connectivity index (χ2v) is 10.0. The molecular formula is C27H15BrF3NO5. The third kappa shape index (κ3) is 3.21. The summed E-state index contributed by atoms with van der Waals surface area (Å²) in [5.41, 5.74) is -3.05. The lowest BCUT2D eigenvalue weighted by molar-refractivity contribution is -0.137. The van der Waals surface area contributed by atoms with Crippen LogP contribution in [-0.4, -0.2) is 29.0 Å². The fourth-order valence-corrected chi connectivity index (χ4v) is 5.81. The van der Waals surface area contributed by atoms with E-state index in [1.165, 1.54) is 18.2 Å². The Morgan fingerprint density at radius 2 is 1.43 bits per heavy atom. The van der Waals surface area contributed by atoms with E-state index >= 15 is 0 Å². The number of nitrogens with zero attached hydrogens (tertiary/aromatic N) is 1. The van der Waals surface area contributed by atoms with Crippen LogP contribution in [0.15, 0.2) is 77.3 Å². The number of ether oxygens (including phenoxy) is 1. The summed E-state index contributed by atoms with van der Waals surface area (Å²) in [6.45, 7) is 0. The van der Waals surface area contributed by atoms with Crippen molar-refractivity contribution in [2.75, 3.05) is 4.90 Å². The lowest BCUT2D eigenvalue weighted by Crippen LogP contribution is -2.51. The van der Waals surface area contributed by atoms with Gasteiger partial charge in [-0.15, -0.1) is 0 Å². The molecule has 1 spiro atoms. The van der Waals surface area contributed by atoms with E-state index in [-0.39, 0.29) is 16.8 Å². The normalized spacial score (nSPS) is 24.2. The molecule has 2 aliphatic heterocycles. The maximum absolute atomic E-state index is 13.8. The van der Waals surface area contributed by atoms with Gasteiger partial charge >= 0.3 is 6.18 Å². The number of hydrogen-bond acceptors (Lipinski definition) is 5. The molecule has 2 fully saturated rings. The third-order valence-corrected chi connectivity index (χ3v) is 7.68. The molecule has 3 aliphatic rings. The Balaban J connectivity index is 1.53. The van der Waals surface area contributed by atoms with Crippen LogP contribution in [0, 0.1) is 11.8 Å². The summed E-state index contributed by atoms with van der Waals surface area (Å²) < 4.78 is 47.0. The largest absolute Gasteiger partial charge is 0.416 e. The van der Waals surface area contributed by atoms with Crippen molar-refractivity contribution >= 4 is 45.0 Å². The summed E-state index contributed by atoms with van der Waals surface area (Å²) >= 11 is 3.32. The van der Waals surface area contributed by atoms with Gasteiger partial charge in [-0.05, 0) is 35.9 Å². The van der Waals surface area contributed by atoms with Gasteiger partial charge in [-0.2, -0.15) is 13.2 Å². The standard InChI is InChI=1S/C27H15BrF3NO5/c28-15-10-8-13(9-11-15)21-19-20(26(37-21)22(33)17-6-1-2-7-18(17)23(26)34)25(36)32(24(19)35)16-5-3-4-14(12-16)27(29,30)31/h1-12,19-21H. The van der Waals surface area contributed by atoms with E-state index in [1.807, 2.05) is 0 Å². The minimum Gasteiger partial charge on any atom is -0.349 e. The van der Waals surface area contributed by atoms with E-state index in [1.54, 1.807) is 36.4 Å². The van der Waals surface area contributed by atoms with Crippen LogP contribution in [0.2, 0.25) is 0 Å². The van der Waals surface area contributed by atoms with Crippen LogP contribution >= 0.6 is 15.9 Å². The van der Waals surface area contributed by atoms with Gasteiger partial charge in [0, 0.05) is 15.6 Å². The predicted octanol–water partition coefficient (Wildman–Crippen LogP) is 5.16. The third-order valence-electron chi connectivity index (χ3n) is 7.15. The molecule has 0 N–H and O–H groups in total. The highest BCUT2D eigenvalue weighted by Gasteiger charge is 2.74. The lowest BCUT2D eigenvalue weighted by Gasteiger charge is -2.27. The Morgan fingerprint density at radius 3 is 2.03 bits per heavy atom. The number of carbonyl (C=O) groups is 4. The van der Waals surface area contributed by atoms with Crippen molar-refractivity contribution in [1.82, 2.24) is 0 Å². The molecule has 3 aromatic rings. The number of ketones is 2. The maximum atomic E-state index is 13.8. The molecule has 10 heteroatoms. The van der Waals surface area contributed by atoms with E-state index in [4.69, 9.17) is 4.74 Å². The number of imide groups is 1. The summed E-state index contributed by atoms with van der Waals surface area (Å²) in [6.07, 6.45) is -5.87. The minimum atomic E-state index is -4.71. The Hall–Kier alpha value is -3.63. The van der Waals surface area contributed by atoms with Gasteiger partial charge in [0.15, 0.2) is 0 Å². The monoisotopic (exact) mass is 569 g/mol. The second-order valence-electron chi connectivity index (χ2n) is 9.09. The Labute approximate surface area is 216 Å². The predicted molar refractivity (Wildman–Crippen MR) is 127 cm³/mol. The van der Waals surface area contributed by atoms with Crippen molar-refractivity contribution in [3.8, 4) is 0 Å². The van der Waals surface area contributed by atoms with Crippen molar-refractivity contribution in [2.45, 2.75) is 17.9 Å². The number of benzene rings is 3. The minimum absolute atomic E-state index is 0.0699. The highest BCUT2D eigenvalue weighted by molar-refractivity contribution is 9.10. The number of Topliss-reactive ketones (excluding diaryl/α,β-unsaturated/α-hetero) is 2. The van der Waals surface area contributed by atoms with E-state index in [0.29, 0.717) is 16.5 Å². The first kappa shape index (κ1) is 23.7. The molecule has 0 aromatic heterocycles. The topological polar surface area (TPSA) is 80.8 Å². The number of anilines is 1. The van der Waals surface area contributed by atoms with Crippen LogP contribution < -0.4 is 4.90 Å². The van der Waals surface area contributed by atoms with Crippen LogP contribution in [-0.2, 0) is 20.5 Å². The van der Waals surface area contributed by atoms with E-state index in [0.717, 1.165) is 16.6 Å². The molecule has 0 saturated carbocycles. The molecule has 2 saturated heterocycles. The number of alkyl halides is 3. The first-order valence-electron chi connectivity index (χ1n) is 11.2. The summed E-state index contributed by atoms with van der Waals surface area (Å²) in [5, 5.41) is 0. The average Bonchev–Trinajstić information content (AvgIpc) is 3.44. The molecule has 3 unspecified atom stereocenters. The Kier molecular flexibility index (Phi) is 5.09. The molecule has 3 atom stereocenters. The summed E-state index contributed by atoms with van der Waals surface area (Å²) in [4.78, 5) is 55.6. The van der Waals surface area contributed by atoms with Gasteiger partial charge in [-0.3, -0.25) is 19.2 Å². The molecule has 1 aliphatic carbocycles. The zero-order chi connectivity index (χ0) is 26.3. The highest BCUT2D eigenvalue weighted by atomic mass is 79.9. The highest BCUT2D eigenvalue weighted by Crippen LogP contribution is 2.57. The maximum Gasteiger partial charge on any atom is 0.416 e. The molecule has 6 rings (SSSR count). The van der Waals surface area contributed by atoms with Gasteiger partial charge in [0.05, 0.1) is 29.2 Å². The first-order valence-corrected chi connectivity index (χ1v) is 12.0. The smallest absolute Gasteiger partial charge is 0.349 e. The van der Waals surface area contributed by atoms with Crippen molar-refractivity contribution in [1.29, 1.82) is 0 Å². The average molecular weight is 570 g/mol. The summed E-state index contributed by atoms with van der Waals surface area (Å²) in [7, 11) is 0. The fourth-order valence-electron chi connectivity index (χ4n) is 5.55. The van der Waals surface area contributed by atoms with Crippen LogP contribution in [0.5, 0.6) is 0 Å². The number of fused-ring (bicyclic) bond motifs is 3. The van der Waals surface area contributed by atoms with Gasteiger partial charge in [-0.1, -0.05) is 58.4 Å². The van der Waals surface area contributed by atoms with E-state index in [9.17, 15) is 32.3 Å². The van der Waals surface area contributed by atoms with Gasteiger partial charge < -0.3 is 4.74 Å². The molecule has 186 valence electrons. The number of halogens is 4. The van der Waals surface area contributed by atoms with E-state index in [2.05, 4.69) is 15.9 Å². The molecule has 0 bridgehead atoms. The van der Waals surface area contributed by atoms with Crippen molar-refractivity contribution in [3.63, 3.8) is 0 Å². The van der Waals surface area contributed by atoms with Gasteiger partial charge in [0.2, 0.25) is 29.0 Å². The number of carbonyl (C=O) groups excluding carboxylic acids is 4. The Morgan fingerprint density at radius 1 is 0.811 bits per heavy atom. The van der Waals surface area contributed by atoms with Crippen molar-refractivity contribution in [3.05, 3.63) is 99.5 Å². The molecule has 37 heavy (non-hydrogen) atoms. The molecule has 2 amide bonds. The van der Waals surface area contributed by atoms with Gasteiger partial charge in [0.1, 0.15) is 0 Å². The van der Waals surface area contributed by atoms with Gasteiger partial charge in [0.25, 0.3) is 0 Å². The zero-order valence-corrected chi connectivity index (χ0v) is 20.2. The summed E-state index contributed by atoms with van der Waals surface area (Å²) in [6, 6.07) is 16.5. The van der Waals surface area contributed by atoms with Crippen molar-refractivity contribution < 1.29 is 37.1 Å². The molecule has 3 aromatic carbocycles. The van der Waals surface area contributed by atoms with Gasteiger partial charge in [-0.25, -0.2) is 4.90 Å². The number of amides is 2. The number of hydrogen-bond donors (Lipinski definition) is 0. The lowest BCUT2D eigenvalue weighted by atomic mass is 9.77. The van der Waals surface area contributed by atoms with Crippen LogP contribution in [0.4, 0.5) is 18.9 Å².